The fourth-order valence-corrected chi connectivity index (χ4v) is 1.09. The van der Waals surface area contributed by atoms with Gasteiger partial charge in [-0.05, 0) is 0 Å². The molecular formula is C13H18Cl2PTi-5. The van der Waals surface area contributed by atoms with E-state index in [4.69, 9.17) is 0 Å². The first kappa shape index (κ1) is 36.0. The van der Waals surface area contributed by atoms with E-state index < -0.39 is 0 Å². The molecule has 0 nitrogen and oxygen atoms in total. The Balaban J connectivity index is -0.0000000265. The van der Waals surface area contributed by atoms with Gasteiger partial charge in [0, 0.05) is 0 Å². The number of allylic oxidation sites excluding steroid dienone is 5. The molecule has 0 aliphatic heterocycles. The molecule has 1 aliphatic carbocycles. The first-order valence-corrected chi connectivity index (χ1v) is 4.42. The normalized spacial score (nSPS) is 8.82. The van der Waals surface area contributed by atoms with Gasteiger partial charge in [0.1, 0.15) is 0 Å². The smallest absolute Gasteiger partial charge is 1.00 e. The third-order valence-corrected chi connectivity index (χ3v) is 1.80. The summed E-state index contributed by atoms with van der Waals surface area (Å²) >= 11 is 0. The van der Waals surface area contributed by atoms with Crippen molar-refractivity contribution in [1.82, 2.24) is 0 Å². The van der Waals surface area contributed by atoms with Gasteiger partial charge in [0.15, 0.2) is 0 Å². The maximum atomic E-state index is 3.62. The number of rotatable bonds is 0. The van der Waals surface area contributed by atoms with Crippen molar-refractivity contribution < 1.29 is 46.5 Å². The predicted molar refractivity (Wildman–Crippen MR) is 70.1 cm³/mol. The van der Waals surface area contributed by atoms with Crippen LogP contribution in [-0.4, -0.2) is 0 Å². The minimum absolute atomic E-state index is 0. The average Bonchev–Trinajstić information content (AvgIpc) is 2.57. The average molecular weight is 324 g/mol. The molecule has 0 spiro atoms. The van der Waals surface area contributed by atoms with Crippen LogP contribution in [0.2, 0.25) is 0 Å². The van der Waals surface area contributed by atoms with Crippen molar-refractivity contribution in [1.29, 1.82) is 0 Å². The van der Waals surface area contributed by atoms with Crippen LogP contribution in [0.4, 0.5) is 0 Å². The number of hydrogen-bond donors (Lipinski definition) is 0. The first-order valence-electron chi connectivity index (χ1n) is 3.34. The molecule has 98 valence electrons. The Morgan fingerprint density at radius 2 is 1.71 bits per heavy atom. The molecule has 0 aromatic carbocycles. The Kier molecular flexibility index (Phi) is 53.4. The Labute approximate surface area is 136 Å². The fourth-order valence-electron chi connectivity index (χ4n) is 0.608. The molecule has 1 unspecified atom stereocenters. The van der Waals surface area contributed by atoms with E-state index in [9.17, 15) is 0 Å². The Morgan fingerprint density at radius 1 is 1.12 bits per heavy atom. The van der Waals surface area contributed by atoms with Crippen LogP contribution in [0.3, 0.4) is 0 Å². The second kappa shape index (κ2) is 25.2. The summed E-state index contributed by atoms with van der Waals surface area (Å²) in [7, 11) is 0.823. The topological polar surface area (TPSA) is 0 Å². The summed E-state index contributed by atoms with van der Waals surface area (Å²) in [6.07, 6.45) is 8.57. The minimum atomic E-state index is 0. The largest absolute Gasteiger partial charge is 2.00 e. The van der Waals surface area contributed by atoms with Gasteiger partial charge in [-0.2, -0.15) is 48.0 Å². The Bertz CT molecular complexity index is 236. The second-order valence-electron chi connectivity index (χ2n) is 2.01. The summed E-state index contributed by atoms with van der Waals surface area (Å²) in [6, 6.07) is 3.96. The molecule has 1 atom stereocenters. The van der Waals surface area contributed by atoms with Crippen LogP contribution in [0.25, 0.3) is 0 Å². The molecule has 0 saturated heterocycles. The molecule has 17 heavy (non-hydrogen) atoms. The van der Waals surface area contributed by atoms with Crippen molar-refractivity contribution in [2.24, 2.45) is 0 Å². The molecule has 1 aromatic heterocycles. The van der Waals surface area contributed by atoms with Gasteiger partial charge in [0.25, 0.3) is 0 Å². The first-order chi connectivity index (χ1) is 5.39. The molecule has 1 heterocycles. The van der Waals surface area contributed by atoms with Gasteiger partial charge in [0.05, 0.1) is 0 Å². The predicted octanol–water partition coefficient (Wildman–Crippen LogP) is -1.65. The van der Waals surface area contributed by atoms with Gasteiger partial charge in [0.2, 0.25) is 0 Å². The maximum Gasteiger partial charge on any atom is 2.00 e. The van der Waals surface area contributed by atoms with Crippen LogP contribution in [0.15, 0.2) is 48.3 Å². The zero-order chi connectivity index (χ0) is 7.94. The van der Waals surface area contributed by atoms with Crippen LogP contribution < -0.4 is 24.8 Å². The Hall–Kier alpha value is 0.294. The van der Waals surface area contributed by atoms with Gasteiger partial charge in [-0.3, -0.25) is 8.19 Å². The summed E-state index contributed by atoms with van der Waals surface area (Å²) in [4.78, 5) is 0. The van der Waals surface area contributed by atoms with E-state index in [1.807, 2.05) is 30.4 Å². The molecule has 0 N–H and O–H groups in total. The van der Waals surface area contributed by atoms with Crippen LogP contribution in [0, 0.1) is 34.2 Å². The van der Waals surface area contributed by atoms with Crippen LogP contribution in [0.1, 0.15) is 0 Å². The molecule has 4 heteroatoms. The van der Waals surface area contributed by atoms with Gasteiger partial charge in [-0.1, -0.05) is 0 Å². The standard InChI is InChI=1S/C6H5.C4H4P.3CH3.2ClH.Ti/c1-6-4-2-3-5-6;1-2-4-5-3-1;;;;;;/h2-4H,1H2;1-3,5H;3*1H3;2*1H;/q5*-1;;;+2/p-2. The Morgan fingerprint density at radius 3 is 1.82 bits per heavy atom. The van der Waals surface area contributed by atoms with Crippen LogP contribution in [0.5, 0.6) is 0 Å². The second-order valence-corrected chi connectivity index (χ2v) is 2.92. The molecule has 0 bridgehead atoms. The van der Waals surface area contributed by atoms with E-state index in [1.54, 1.807) is 0 Å². The van der Waals surface area contributed by atoms with Crippen molar-refractivity contribution in [2.75, 3.05) is 0 Å². The van der Waals surface area contributed by atoms with Gasteiger partial charge < -0.3 is 47.1 Å². The van der Waals surface area contributed by atoms with Crippen molar-refractivity contribution in [3.63, 3.8) is 0 Å². The third kappa shape index (κ3) is 22.0. The summed E-state index contributed by atoms with van der Waals surface area (Å²) in [5.74, 6) is 5.11. The van der Waals surface area contributed by atoms with E-state index in [-0.39, 0.29) is 68.8 Å². The van der Waals surface area contributed by atoms with E-state index in [2.05, 4.69) is 24.3 Å². The van der Waals surface area contributed by atoms with E-state index >= 15 is 0 Å². The van der Waals surface area contributed by atoms with Crippen molar-refractivity contribution in [3.8, 4) is 0 Å². The molecule has 0 fully saturated rings. The SMILES string of the molecule is C=C1[C-]=CC=C1.[CH3-].[CH3-].[CH3-].[Cl-].[Cl-].[Ti+2].[c-]1ccc[pH]1. The van der Waals surface area contributed by atoms with Crippen LogP contribution in [-0.2, 0) is 21.7 Å². The summed E-state index contributed by atoms with van der Waals surface area (Å²) < 4.78 is 0. The van der Waals surface area contributed by atoms with Crippen molar-refractivity contribution in [3.05, 3.63) is 82.5 Å². The maximum absolute atomic E-state index is 3.62. The zero-order valence-corrected chi connectivity index (χ0v) is 14.5. The minimum Gasteiger partial charge on any atom is -1.00 e. The van der Waals surface area contributed by atoms with E-state index in [0.29, 0.717) is 0 Å². The molecule has 1 aliphatic rings. The monoisotopic (exact) mass is 323 g/mol. The molecule has 0 saturated carbocycles. The van der Waals surface area contributed by atoms with Gasteiger partial charge in [-0.25, -0.2) is 6.07 Å². The molecule has 1 aromatic rings. The summed E-state index contributed by atoms with van der Waals surface area (Å²) in [5, 5.41) is 0. The third-order valence-electron chi connectivity index (χ3n) is 1.10. The van der Waals surface area contributed by atoms with Crippen LogP contribution >= 0.6 is 8.19 Å². The zero-order valence-electron chi connectivity index (χ0n) is 10.4. The van der Waals surface area contributed by atoms with E-state index in [1.165, 1.54) is 0 Å². The molecule has 0 radical (unpaired) electrons. The fraction of sp³-hybridized carbons (Fsp3) is 0. The molecular weight excluding hydrogens is 306 g/mol. The number of hydrogen-bond acceptors (Lipinski definition) is 0. The summed E-state index contributed by atoms with van der Waals surface area (Å²) in [6.45, 7) is 3.62. The van der Waals surface area contributed by atoms with Gasteiger partial charge >= 0.3 is 21.7 Å². The quantitative estimate of drug-likeness (QED) is 0.396. The summed E-state index contributed by atoms with van der Waals surface area (Å²) in [5.41, 5.74) is 0.968. The molecule has 0 amide bonds. The van der Waals surface area contributed by atoms with Crippen molar-refractivity contribution in [2.45, 2.75) is 0 Å². The van der Waals surface area contributed by atoms with Gasteiger partial charge in [-0.15, -0.1) is 6.08 Å². The molecule has 2 rings (SSSR count). The van der Waals surface area contributed by atoms with Crippen molar-refractivity contribution >= 4 is 8.19 Å². The number of halogens is 2. The van der Waals surface area contributed by atoms with E-state index in [0.717, 1.165) is 13.8 Å².